The predicted molar refractivity (Wildman–Crippen MR) is 195 cm³/mol. The molecule has 4 aliphatic heterocycles. The highest BCUT2D eigenvalue weighted by molar-refractivity contribution is 5.66. The first-order chi connectivity index (χ1) is 27.0. The number of methoxy groups -OCH3 is 1. The number of hydrogen-bond donors (Lipinski definition) is 0. The number of carbonyl (C=O) groups excluding carboxylic acids is 1. The molecule has 0 N–H and O–H groups in total. The van der Waals surface area contributed by atoms with Gasteiger partial charge in [-0.3, -0.25) is 4.79 Å². The van der Waals surface area contributed by atoms with E-state index in [1.165, 1.54) is 14.0 Å². The van der Waals surface area contributed by atoms with Crippen LogP contribution in [0.4, 0.5) is 0 Å². The molecule has 12 heteroatoms. The van der Waals surface area contributed by atoms with Crippen LogP contribution in [0.15, 0.2) is 121 Å². The zero-order valence-corrected chi connectivity index (χ0v) is 30.7. The molecular weight excluding hydrogens is 708 g/mol. The molecule has 12 nitrogen and oxygen atoms in total. The van der Waals surface area contributed by atoms with Crippen LogP contribution in [0, 0.1) is 0 Å². The fourth-order valence-corrected chi connectivity index (χ4v) is 7.48. The predicted octanol–water partition coefficient (Wildman–Crippen LogP) is 5.80. The summed E-state index contributed by atoms with van der Waals surface area (Å²) < 4.78 is 70.9. The van der Waals surface area contributed by atoms with Crippen molar-refractivity contribution in [2.45, 2.75) is 94.1 Å². The average molecular weight is 755 g/mol. The largest absolute Gasteiger partial charge is 0.454 e. The molecule has 4 fully saturated rings. The van der Waals surface area contributed by atoms with E-state index < -0.39 is 80.0 Å². The summed E-state index contributed by atoms with van der Waals surface area (Å²) in [5.74, 6) is -0.542. The van der Waals surface area contributed by atoms with E-state index in [0.717, 1.165) is 22.3 Å². The highest BCUT2D eigenvalue weighted by Gasteiger charge is 2.57. The van der Waals surface area contributed by atoms with E-state index in [9.17, 15) is 4.79 Å². The Hall–Kier alpha value is -4.05. The smallest absolute Gasteiger partial charge is 0.303 e. The summed E-state index contributed by atoms with van der Waals surface area (Å²) in [7, 11) is 1.53. The minimum atomic E-state index is -1.18. The third-order valence-corrected chi connectivity index (χ3v) is 10.1. The first kappa shape index (κ1) is 37.9. The fraction of sp³-hybridized carbons (Fsp3) is 0.419. The van der Waals surface area contributed by atoms with Gasteiger partial charge >= 0.3 is 5.97 Å². The van der Waals surface area contributed by atoms with Crippen LogP contribution in [0.5, 0.6) is 0 Å². The molecule has 0 unspecified atom stereocenters. The Morgan fingerprint density at radius 3 is 1.45 bits per heavy atom. The van der Waals surface area contributed by atoms with Gasteiger partial charge in [0.15, 0.2) is 31.3 Å². The monoisotopic (exact) mass is 754 g/mol. The average Bonchev–Trinajstić information content (AvgIpc) is 3.23. The number of hydrogen-bond acceptors (Lipinski definition) is 12. The van der Waals surface area contributed by atoms with Crippen molar-refractivity contribution in [3.8, 4) is 0 Å². The van der Waals surface area contributed by atoms with Gasteiger partial charge in [-0.05, 0) is 11.1 Å². The van der Waals surface area contributed by atoms with Gasteiger partial charge in [-0.2, -0.15) is 0 Å². The molecule has 290 valence electrons. The Morgan fingerprint density at radius 1 is 0.564 bits per heavy atom. The third-order valence-electron chi connectivity index (χ3n) is 10.1. The van der Waals surface area contributed by atoms with Crippen LogP contribution in [0.1, 0.15) is 41.8 Å². The lowest BCUT2D eigenvalue weighted by Gasteiger charge is -2.52. The second kappa shape index (κ2) is 17.8. The van der Waals surface area contributed by atoms with E-state index in [1.54, 1.807) is 0 Å². The number of rotatable bonds is 12. The number of benzene rings is 4. The Balaban J connectivity index is 1.11. The highest BCUT2D eigenvalue weighted by Crippen LogP contribution is 2.41. The number of fused-ring (bicyclic) bond motifs is 2. The molecule has 0 bridgehead atoms. The molecular formula is C43H46O12. The van der Waals surface area contributed by atoms with Crippen LogP contribution in [0.25, 0.3) is 0 Å². The van der Waals surface area contributed by atoms with Crippen LogP contribution in [0.3, 0.4) is 0 Å². The maximum atomic E-state index is 12.9. The van der Waals surface area contributed by atoms with E-state index in [1.807, 2.05) is 121 Å². The van der Waals surface area contributed by atoms with Gasteiger partial charge in [0.05, 0.1) is 26.4 Å². The summed E-state index contributed by atoms with van der Waals surface area (Å²) >= 11 is 0. The van der Waals surface area contributed by atoms with Crippen molar-refractivity contribution in [3.63, 3.8) is 0 Å². The Labute approximate surface area is 320 Å². The molecule has 0 amide bonds. The highest BCUT2D eigenvalue weighted by atomic mass is 16.8. The van der Waals surface area contributed by atoms with Crippen LogP contribution < -0.4 is 0 Å². The summed E-state index contributed by atoms with van der Waals surface area (Å²) in [5.41, 5.74) is 3.58. The number of ether oxygens (including phenoxy) is 11. The first-order valence-corrected chi connectivity index (χ1v) is 18.7. The number of carbonyl (C=O) groups is 1. The van der Waals surface area contributed by atoms with E-state index in [2.05, 4.69) is 0 Å². The molecule has 0 radical (unpaired) electrons. The van der Waals surface area contributed by atoms with Gasteiger partial charge in [0.25, 0.3) is 0 Å². The van der Waals surface area contributed by atoms with E-state index in [4.69, 9.17) is 52.1 Å². The normalized spacial score (nSPS) is 33.2. The minimum Gasteiger partial charge on any atom is -0.454 e. The SMILES string of the molecule is CO[C@H]1O[C@@H]2CO[C@@H](c3ccccc3)O[C@H]2[C@H](OCc2ccccc2)[C@@H]1O[C@H]1O[C@@H]2CO[C@@H](c3ccccc3)O[C@H]2[C@H](OCc2ccccc2)[C@@H]1OC(C)=O. The molecule has 0 aromatic heterocycles. The molecule has 4 aromatic carbocycles. The topological polar surface area (TPSA) is 119 Å². The quantitative estimate of drug-likeness (QED) is 0.163. The maximum Gasteiger partial charge on any atom is 0.303 e. The van der Waals surface area contributed by atoms with Gasteiger partial charge in [0.2, 0.25) is 0 Å². The Morgan fingerprint density at radius 2 is 1.00 bits per heavy atom. The molecule has 4 heterocycles. The van der Waals surface area contributed by atoms with Crippen LogP contribution >= 0.6 is 0 Å². The molecule has 12 atom stereocenters. The maximum absolute atomic E-state index is 12.9. The van der Waals surface area contributed by atoms with Crippen LogP contribution in [-0.4, -0.2) is 87.7 Å². The van der Waals surface area contributed by atoms with Crippen LogP contribution in [0.2, 0.25) is 0 Å². The van der Waals surface area contributed by atoms with Gasteiger partial charge in [-0.1, -0.05) is 121 Å². The van der Waals surface area contributed by atoms with Crippen LogP contribution in [-0.2, 0) is 70.1 Å². The standard InChI is InChI=1S/C43H46O12/c1-27(44)50-39-37(47-24-29-17-9-4-10-18-29)35-33(26-49-41(54-35)31-21-13-6-14-22-31)52-43(39)55-38-36(46-23-28-15-7-3-8-16-28)34-32(51-42(38)45-2)25-48-40(53-34)30-19-11-5-12-20-30/h3-22,32-43H,23-26H2,1-2H3/t32-,33-,34-,35-,36+,37+,38+,39+,40-,41-,42+,43-/m1/s1. The summed E-state index contributed by atoms with van der Waals surface area (Å²) in [6.45, 7) is 2.20. The third kappa shape index (κ3) is 8.84. The molecule has 0 spiro atoms. The second-order valence-electron chi connectivity index (χ2n) is 13.9. The first-order valence-electron chi connectivity index (χ1n) is 18.7. The van der Waals surface area contributed by atoms with Gasteiger partial charge in [0, 0.05) is 25.2 Å². The van der Waals surface area contributed by atoms with Crippen molar-refractivity contribution in [3.05, 3.63) is 144 Å². The molecule has 4 aliphatic rings. The van der Waals surface area contributed by atoms with Gasteiger partial charge in [-0.15, -0.1) is 0 Å². The van der Waals surface area contributed by atoms with Crippen molar-refractivity contribution >= 4 is 5.97 Å². The summed E-state index contributed by atoms with van der Waals surface area (Å²) in [6.07, 6.45) is -9.57. The van der Waals surface area contributed by atoms with Gasteiger partial charge < -0.3 is 52.1 Å². The van der Waals surface area contributed by atoms with E-state index in [-0.39, 0.29) is 26.4 Å². The molecule has 8 rings (SSSR count). The Kier molecular flexibility index (Phi) is 12.3. The van der Waals surface area contributed by atoms with Crippen molar-refractivity contribution in [1.82, 2.24) is 0 Å². The summed E-state index contributed by atoms with van der Waals surface area (Å²) in [4.78, 5) is 12.9. The fourth-order valence-electron chi connectivity index (χ4n) is 7.48. The summed E-state index contributed by atoms with van der Waals surface area (Å²) in [5, 5.41) is 0. The van der Waals surface area contributed by atoms with E-state index in [0.29, 0.717) is 0 Å². The zero-order valence-electron chi connectivity index (χ0n) is 30.7. The minimum absolute atomic E-state index is 0.161. The lowest BCUT2D eigenvalue weighted by Crippen LogP contribution is -2.68. The zero-order chi connectivity index (χ0) is 37.6. The lowest BCUT2D eigenvalue weighted by atomic mass is 9.95. The van der Waals surface area contributed by atoms with Crippen molar-refractivity contribution in [1.29, 1.82) is 0 Å². The molecule has 4 aromatic rings. The lowest BCUT2D eigenvalue weighted by molar-refractivity contribution is -0.408. The van der Waals surface area contributed by atoms with Gasteiger partial charge in [0.1, 0.15) is 42.7 Å². The van der Waals surface area contributed by atoms with Crippen molar-refractivity contribution in [2.24, 2.45) is 0 Å². The molecule has 4 saturated heterocycles. The molecule has 55 heavy (non-hydrogen) atoms. The van der Waals surface area contributed by atoms with Crippen molar-refractivity contribution in [2.75, 3.05) is 20.3 Å². The van der Waals surface area contributed by atoms with Gasteiger partial charge in [-0.25, -0.2) is 0 Å². The molecule has 0 saturated carbocycles. The number of esters is 1. The Bertz CT molecular complexity index is 1780. The summed E-state index contributed by atoms with van der Waals surface area (Å²) in [6, 6.07) is 38.9. The molecule has 0 aliphatic carbocycles. The van der Waals surface area contributed by atoms with Crippen molar-refractivity contribution < 1.29 is 56.9 Å². The van der Waals surface area contributed by atoms with E-state index >= 15 is 0 Å². The second-order valence-corrected chi connectivity index (χ2v) is 13.9.